The van der Waals surface area contributed by atoms with Gasteiger partial charge in [0.1, 0.15) is 17.3 Å². The third kappa shape index (κ3) is 17.0. The smallest absolute Gasteiger partial charge is 0.303 e. The number of esters is 1. The molecule has 79 heavy (non-hydrogen) atoms. The second kappa shape index (κ2) is 29.1. The van der Waals surface area contributed by atoms with Gasteiger partial charge in [-0.1, -0.05) is 65.3 Å². The van der Waals surface area contributed by atoms with Crippen LogP contribution in [-0.2, 0) is 38.3 Å². The number of hydrogen-bond donors (Lipinski definition) is 4. The van der Waals surface area contributed by atoms with Crippen LogP contribution in [0.3, 0.4) is 0 Å². The fraction of sp³-hybridized carbons (Fsp3) is 0.683. The average molecular weight is 1130 g/mol. The van der Waals surface area contributed by atoms with Crippen LogP contribution in [0.4, 0.5) is 0 Å². The van der Waals surface area contributed by atoms with Gasteiger partial charge in [-0.05, 0) is 102 Å². The lowest BCUT2D eigenvalue weighted by Gasteiger charge is -2.41. The van der Waals surface area contributed by atoms with Crippen LogP contribution in [0.1, 0.15) is 152 Å². The number of fused-ring (bicyclic) bond motifs is 4. The molecule has 11 atom stereocenters. The number of unbranched alkanes of at least 4 members (excludes halogenated alkanes) is 2. The molecular formula is C60H88N8O9S2. The van der Waals surface area contributed by atoms with Gasteiger partial charge in [0, 0.05) is 117 Å². The molecule has 0 aromatic heterocycles. The van der Waals surface area contributed by atoms with E-state index in [4.69, 9.17) is 14.7 Å². The molecule has 434 valence electrons. The third-order valence-electron chi connectivity index (χ3n) is 16.6. The van der Waals surface area contributed by atoms with Crippen molar-refractivity contribution < 1.29 is 43.4 Å². The van der Waals surface area contributed by atoms with Crippen LogP contribution in [0.15, 0.2) is 68.4 Å². The Hall–Kier alpha value is -5.01. The number of carbonyl (C=O) groups is 7. The topological polar surface area (TPSA) is 219 Å². The van der Waals surface area contributed by atoms with Crippen molar-refractivity contribution in [2.75, 3.05) is 44.2 Å². The number of nitrogens with zero attached hydrogens (tertiary/aromatic N) is 5. The van der Waals surface area contributed by atoms with Crippen LogP contribution < -0.4 is 16.0 Å². The molecule has 0 radical (unpaired) electrons. The number of guanidine groups is 2. The van der Waals surface area contributed by atoms with Gasteiger partial charge in [-0.15, -0.1) is 23.5 Å². The van der Waals surface area contributed by atoms with Gasteiger partial charge >= 0.3 is 5.97 Å². The summed E-state index contributed by atoms with van der Waals surface area (Å²) in [5, 5.41) is 21.3. The maximum atomic E-state index is 14.2. The number of likely N-dealkylation sites (tertiary alicyclic amines) is 1. The zero-order chi connectivity index (χ0) is 56.9. The molecule has 3 amide bonds. The quantitative estimate of drug-likeness (QED) is 0.0347. The molecule has 0 spiro atoms. The first kappa shape index (κ1) is 61.6. The summed E-state index contributed by atoms with van der Waals surface area (Å²) >= 11 is 3.45. The van der Waals surface area contributed by atoms with Crippen molar-refractivity contribution in [1.82, 2.24) is 30.7 Å². The molecule has 0 saturated carbocycles. The van der Waals surface area contributed by atoms with Crippen LogP contribution in [0, 0.1) is 23.7 Å². The SMILES string of the molecule is CC[C@H]1CCN2CC[C@H](CSC3CCN4CC[C@H](CSC5CC(=O)N(CCCC(=O)CCCCCC6=C7C[C@@H](C)C[C@H](C)[C@H](O)[C@@H](C)/C=C(\C)[C@H](OC(C)=O)[C@@H](C)/C=C\C=C(/C)C(=O)NC(=CC6=O)C7=O)C5=O)NC4=N3)NC2=N1. The Bertz CT molecular complexity index is 2500. The highest BCUT2D eigenvalue weighted by Crippen LogP contribution is 2.34. The van der Waals surface area contributed by atoms with E-state index >= 15 is 0 Å². The van der Waals surface area contributed by atoms with Crippen LogP contribution in [-0.4, -0.2) is 158 Å². The summed E-state index contributed by atoms with van der Waals surface area (Å²) in [4.78, 5) is 109. The first-order chi connectivity index (χ1) is 37.8. The Morgan fingerprint density at radius 1 is 0.823 bits per heavy atom. The van der Waals surface area contributed by atoms with E-state index in [2.05, 4.69) is 32.7 Å². The van der Waals surface area contributed by atoms with Crippen molar-refractivity contribution in [3.63, 3.8) is 0 Å². The Kier molecular flexibility index (Phi) is 22.7. The molecule has 0 aromatic rings. The van der Waals surface area contributed by atoms with Crippen molar-refractivity contribution in [1.29, 1.82) is 0 Å². The van der Waals surface area contributed by atoms with Crippen LogP contribution in [0.2, 0.25) is 0 Å². The fourth-order valence-corrected chi connectivity index (χ4v) is 14.3. The number of ether oxygens (including phenoxy) is 1. The summed E-state index contributed by atoms with van der Waals surface area (Å²) in [5.41, 5.74) is 1.80. The van der Waals surface area contributed by atoms with Gasteiger partial charge in [-0.3, -0.25) is 38.5 Å². The van der Waals surface area contributed by atoms with E-state index < -0.39 is 35.1 Å². The van der Waals surface area contributed by atoms with Crippen molar-refractivity contribution in [3.05, 3.63) is 58.4 Å². The van der Waals surface area contributed by atoms with Crippen LogP contribution >= 0.6 is 23.5 Å². The van der Waals surface area contributed by atoms with Gasteiger partial charge in [0.05, 0.1) is 23.1 Å². The molecule has 17 nitrogen and oxygen atoms in total. The Balaban J connectivity index is 0.843. The minimum Gasteiger partial charge on any atom is -0.457 e. The molecule has 19 heteroatoms. The summed E-state index contributed by atoms with van der Waals surface area (Å²) in [6.07, 6.45) is 16.4. The minimum absolute atomic E-state index is 0.0487. The van der Waals surface area contributed by atoms with Gasteiger partial charge in [0.15, 0.2) is 17.7 Å². The number of aliphatic imine (C=N–C) groups is 2. The number of ketones is 3. The zero-order valence-corrected chi connectivity index (χ0v) is 49.7. The molecule has 0 aromatic carbocycles. The van der Waals surface area contributed by atoms with Gasteiger partial charge < -0.3 is 35.6 Å². The largest absolute Gasteiger partial charge is 0.457 e. The van der Waals surface area contributed by atoms with Gasteiger partial charge in [-0.2, -0.15) is 0 Å². The average Bonchev–Trinajstić information content (AvgIpc) is 3.73. The van der Waals surface area contributed by atoms with Crippen LogP contribution in [0.25, 0.3) is 0 Å². The maximum absolute atomic E-state index is 14.2. The normalized spacial score (nSPS) is 32.0. The summed E-state index contributed by atoms with van der Waals surface area (Å²) < 4.78 is 5.70. The standard InChI is InChI=1S/C60H88N8O9S2/c1-9-43-20-25-66-26-22-45(62-59(66)61-43)35-79-52-23-28-67-27-21-44(63-60(67)65-52)34-78-51-33-53(72)68(58(51)76)24-14-18-46(70)17-11-10-12-19-47-48-30-36(2)29-39(5)54(73)40(6)31-41(7)56(77-42(8)69)37(3)15-13-16-38(4)57(75)64-49(55(48)74)32-50(47)71/h13,15-16,31-32,36-37,39-40,43-45,51-52,54,56,73H,9-12,14,17-30,33-35H2,1-8H3,(H,61,62)(H,63,65)(H,64,75)/b15-13-,38-16+,41-31+/t36-,37-,39-,40-,43-,44+,45+,51?,52?,54-,56+/m0/s1. The second-order valence-electron chi connectivity index (χ2n) is 23.2. The Morgan fingerprint density at radius 3 is 2.20 bits per heavy atom. The lowest BCUT2D eigenvalue weighted by Crippen LogP contribution is -2.57. The molecule has 2 bridgehead atoms. The van der Waals surface area contributed by atoms with Crippen molar-refractivity contribution in [2.45, 2.75) is 193 Å². The Labute approximate surface area is 477 Å². The number of thioether (sulfide) groups is 2. The second-order valence-corrected chi connectivity index (χ2v) is 25.7. The highest BCUT2D eigenvalue weighted by atomic mass is 32.2. The number of aliphatic hydroxyl groups is 1. The van der Waals surface area contributed by atoms with Gasteiger partial charge in [0.2, 0.25) is 17.6 Å². The molecule has 2 unspecified atom stereocenters. The van der Waals surface area contributed by atoms with E-state index in [0.717, 1.165) is 81.5 Å². The molecular weight excluding hydrogens is 1040 g/mol. The van der Waals surface area contributed by atoms with E-state index in [1.54, 1.807) is 19.1 Å². The zero-order valence-electron chi connectivity index (χ0n) is 48.1. The third-order valence-corrected chi connectivity index (χ3v) is 19.3. The summed E-state index contributed by atoms with van der Waals surface area (Å²) in [7, 11) is 0. The van der Waals surface area contributed by atoms with Crippen molar-refractivity contribution >= 4 is 76.5 Å². The highest BCUT2D eigenvalue weighted by Gasteiger charge is 2.40. The predicted octanol–water partition coefficient (Wildman–Crippen LogP) is 7.36. The molecule has 7 rings (SSSR count). The number of hydrogen-bond acceptors (Lipinski definition) is 17. The van der Waals surface area contributed by atoms with Crippen LogP contribution in [0.5, 0.6) is 0 Å². The Morgan fingerprint density at radius 2 is 1.49 bits per heavy atom. The summed E-state index contributed by atoms with van der Waals surface area (Å²) in [6.45, 7) is 19.1. The van der Waals surface area contributed by atoms with Crippen molar-refractivity contribution in [2.24, 2.45) is 33.7 Å². The van der Waals surface area contributed by atoms with Gasteiger partial charge in [0.25, 0.3) is 5.91 Å². The predicted molar refractivity (Wildman–Crippen MR) is 313 cm³/mol. The number of rotatable bonds is 18. The molecule has 3 saturated heterocycles. The number of imide groups is 1. The summed E-state index contributed by atoms with van der Waals surface area (Å²) in [5.74, 6) is 0.873. The molecule has 1 aliphatic carbocycles. The minimum atomic E-state index is -0.734. The van der Waals surface area contributed by atoms with E-state index in [9.17, 15) is 38.7 Å². The summed E-state index contributed by atoms with van der Waals surface area (Å²) in [6, 6.07) is 0.959. The molecule has 6 heterocycles. The van der Waals surface area contributed by atoms with E-state index in [1.165, 1.54) is 29.7 Å². The molecule has 3 fully saturated rings. The maximum Gasteiger partial charge on any atom is 0.303 e. The van der Waals surface area contributed by atoms with E-state index in [1.807, 2.05) is 58.5 Å². The number of aliphatic hydroxyl groups excluding tert-OH is 1. The van der Waals surface area contributed by atoms with Crippen molar-refractivity contribution in [3.8, 4) is 0 Å². The molecule has 6 aliphatic heterocycles. The first-order valence-electron chi connectivity index (χ1n) is 29.3. The van der Waals surface area contributed by atoms with E-state index in [0.29, 0.717) is 79.5 Å². The highest BCUT2D eigenvalue weighted by molar-refractivity contribution is 8.00. The molecule has 4 N–H and O–H groups in total. The lowest BCUT2D eigenvalue weighted by molar-refractivity contribution is -0.146. The monoisotopic (exact) mass is 1130 g/mol. The van der Waals surface area contributed by atoms with Gasteiger partial charge in [-0.25, -0.2) is 9.98 Å². The first-order valence-corrected chi connectivity index (χ1v) is 31.4. The number of allylic oxidation sites excluding steroid dienone is 5. The number of amides is 3. The van der Waals surface area contributed by atoms with E-state index in [-0.39, 0.29) is 90.0 Å². The molecule has 7 aliphatic rings. The lowest BCUT2D eigenvalue weighted by atomic mass is 9.80. The fourth-order valence-electron chi connectivity index (χ4n) is 11.9. The number of Topliss-reactive ketones (excluding diaryl/α,β-unsaturated/α-hetero) is 2. The number of carbonyl (C=O) groups excluding carboxylic acids is 7. The number of nitrogens with one attached hydrogen (secondary N) is 3.